The number of ether oxygens (including phenoxy) is 2. The molecular formula is C28H31N3O4S2. The highest BCUT2D eigenvalue weighted by Crippen LogP contribution is 2.41. The number of carbonyl (C=O) groups excluding carboxylic acids is 2. The van der Waals surface area contributed by atoms with Crippen LogP contribution in [0.5, 0.6) is 0 Å². The molecule has 4 aromatic rings. The molecule has 0 atom stereocenters. The number of rotatable bonds is 9. The maximum absolute atomic E-state index is 12.9. The van der Waals surface area contributed by atoms with Gasteiger partial charge in [0.1, 0.15) is 26.9 Å². The molecule has 0 unspecified atom stereocenters. The second-order valence-corrected chi connectivity index (χ2v) is 11.3. The molecule has 0 radical (unpaired) electrons. The normalized spacial score (nSPS) is 11.4. The van der Waals surface area contributed by atoms with Crippen molar-refractivity contribution in [2.75, 3.05) is 18.5 Å². The molecule has 4 rings (SSSR count). The molecule has 1 N–H and O–H groups in total. The van der Waals surface area contributed by atoms with E-state index < -0.39 is 11.9 Å². The Morgan fingerprint density at radius 2 is 1.76 bits per heavy atom. The highest BCUT2D eigenvalue weighted by molar-refractivity contribution is 7.18. The Labute approximate surface area is 224 Å². The molecule has 0 saturated heterocycles. The predicted octanol–water partition coefficient (Wildman–Crippen LogP) is 7.58. The molecule has 9 heteroatoms. The number of carbonyl (C=O) groups is 2. The number of nitrogens with one attached hydrogen (secondary N) is 1. The van der Waals surface area contributed by atoms with Gasteiger partial charge in [-0.15, -0.1) is 22.7 Å². The summed E-state index contributed by atoms with van der Waals surface area (Å²) in [6.07, 6.45) is 1.50. The third-order valence-corrected chi connectivity index (χ3v) is 7.92. The van der Waals surface area contributed by atoms with Gasteiger partial charge >= 0.3 is 11.9 Å². The van der Waals surface area contributed by atoms with E-state index in [-0.39, 0.29) is 12.5 Å². The molecule has 0 saturated carbocycles. The number of hydrogen-bond acceptors (Lipinski definition) is 9. The highest BCUT2D eigenvalue weighted by atomic mass is 32.1. The van der Waals surface area contributed by atoms with Gasteiger partial charge in [0.2, 0.25) is 0 Å². The van der Waals surface area contributed by atoms with E-state index in [1.807, 2.05) is 13.8 Å². The molecule has 7 nitrogen and oxygen atoms in total. The summed E-state index contributed by atoms with van der Waals surface area (Å²) in [7, 11) is 0. The fourth-order valence-electron chi connectivity index (χ4n) is 3.89. The number of nitrogens with zero attached hydrogens (tertiary/aromatic N) is 2. The van der Waals surface area contributed by atoms with Crippen molar-refractivity contribution in [3.8, 4) is 11.1 Å². The molecule has 3 heterocycles. The fourth-order valence-corrected chi connectivity index (χ4v) is 5.89. The van der Waals surface area contributed by atoms with Gasteiger partial charge in [-0.3, -0.25) is 0 Å². The van der Waals surface area contributed by atoms with Crippen LogP contribution in [0, 0.1) is 12.8 Å². The number of anilines is 2. The zero-order chi connectivity index (χ0) is 26.7. The van der Waals surface area contributed by atoms with Crippen LogP contribution in [-0.2, 0) is 9.47 Å². The van der Waals surface area contributed by atoms with Crippen LogP contribution < -0.4 is 5.32 Å². The molecule has 0 aliphatic heterocycles. The van der Waals surface area contributed by atoms with Crippen molar-refractivity contribution in [2.45, 2.75) is 47.5 Å². The first-order chi connectivity index (χ1) is 17.7. The quantitative estimate of drug-likeness (QED) is 0.220. The Balaban J connectivity index is 1.78. The third-order valence-electron chi connectivity index (χ3n) is 5.85. The average Bonchev–Trinajstić information content (AvgIpc) is 3.44. The monoisotopic (exact) mass is 537 g/mol. The van der Waals surface area contributed by atoms with Crippen molar-refractivity contribution in [2.24, 2.45) is 5.92 Å². The van der Waals surface area contributed by atoms with Gasteiger partial charge < -0.3 is 14.8 Å². The summed E-state index contributed by atoms with van der Waals surface area (Å²) >= 11 is 2.70. The van der Waals surface area contributed by atoms with E-state index in [0.717, 1.165) is 21.3 Å². The van der Waals surface area contributed by atoms with Gasteiger partial charge in [0.15, 0.2) is 0 Å². The molecule has 0 aliphatic rings. The number of hydrogen-bond donors (Lipinski definition) is 1. The summed E-state index contributed by atoms with van der Waals surface area (Å²) in [6.45, 7) is 12.3. The number of esters is 2. The summed E-state index contributed by atoms with van der Waals surface area (Å²) in [6, 6.07) is 8.49. The lowest BCUT2D eigenvalue weighted by Gasteiger charge is -2.10. The predicted molar refractivity (Wildman–Crippen MR) is 150 cm³/mol. The SMILES string of the molecule is CCOC(=O)c1c(Nc2ncnc3scc(-c4ccc(C(C)C)cc4)c23)sc(C(=O)OCC(C)C)c1C. The first kappa shape index (κ1) is 26.8. The minimum Gasteiger partial charge on any atom is -0.462 e. The topological polar surface area (TPSA) is 90.4 Å². The first-order valence-corrected chi connectivity index (χ1v) is 14.0. The van der Waals surface area contributed by atoms with Crippen molar-refractivity contribution >= 4 is 55.6 Å². The summed E-state index contributed by atoms with van der Waals surface area (Å²) < 4.78 is 10.8. The molecule has 0 spiro atoms. The molecule has 194 valence electrons. The Morgan fingerprint density at radius 3 is 2.41 bits per heavy atom. The summed E-state index contributed by atoms with van der Waals surface area (Å²) in [5.74, 6) is 0.250. The zero-order valence-electron chi connectivity index (χ0n) is 21.9. The summed E-state index contributed by atoms with van der Waals surface area (Å²) in [5, 5.41) is 6.73. The molecule has 0 aliphatic carbocycles. The van der Waals surface area contributed by atoms with Gasteiger partial charge in [-0.25, -0.2) is 19.6 Å². The van der Waals surface area contributed by atoms with Crippen LogP contribution in [0.15, 0.2) is 36.0 Å². The molecule has 0 bridgehead atoms. The lowest BCUT2D eigenvalue weighted by Crippen LogP contribution is -2.11. The van der Waals surface area contributed by atoms with Gasteiger partial charge in [-0.05, 0) is 42.4 Å². The fraction of sp³-hybridized carbons (Fsp3) is 0.357. The Morgan fingerprint density at radius 1 is 1.03 bits per heavy atom. The van der Waals surface area contributed by atoms with Crippen molar-refractivity contribution in [3.63, 3.8) is 0 Å². The molecule has 0 amide bonds. The highest BCUT2D eigenvalue weighted by Gasteiger charge is 2.27. The van der Waals surface area contributed by atoms with E-state index in [0.29, 0.717) is 39.3 Å². The largest absolute Gasteiger partial charge is 0.462 e. The van der Waals surface area contributed by atoms with Crippen LogP contribution in [-0.4, -0.2) is 35.1 Å². The number of aromatic nitrogens is 2. The van der Waals surface area contributed by atoms with E-state index in [2.05, 4.69) is 58.8 Å². The Bertz CT molecular complexity index is 1420. The minimum atomic E-state index is -0.498. The van der Waals surface area contributed by atoms with Gasteiger partial charge in [0.05, 0.1) is 24.2 Å². The van der Waals surface area contributed by atoms with E-state index in [1.54, 1.807) is 13.8 Å². The van der Waals surface area contributed by atoms with Crippen LogP contribution in [0.25, 0.3) is 21.3 Å². The molecule has 1 aromatic carbocycles. The average molecular weight is 538 g/mol. The lowest BCUT2D eigenvalue weighted by atomic mass is 9.99. The number of fused-ring (bicyclic) bond motifs is 1. The maximum Gasteiger partial charge on any atom is 0.348 e. The lowest BCUT2D eigenvalue weighted by molar-refractivity contribution is 0.0464. The van der Waals surface area contributed by atoms with Gasteiger partial charge in [0.25, 0.3) is 0 Å². The number of benzene rings is 1. The third kappa shape index (κ3) is 5.67. The van der Waals surface area contributed by atoms with Gasteiger partial charge in [-0.1, -0.05) is 52.0 Å². The van der Waals surface area contributed by atoms with Crippen molar-refractivity contribution in [1.29, 1.82) is 0 Å². The second-order valence-electron chi connectivity index (χ2n) is 9.43. The zero-order valence-corrected chi connectivity index (χ0v) is 23.5. The Kier molecular flexibility index (Phi) is 8.24. The standard InChI is InChI=1S/C28H31N3O4S2/c1-7-34-27(32)21-17(6)23(28(33)35-12-15(2)3)37-26(21)31-24-22-20(13-36-25(22)30-14-29-24)19-10-8-18(9-11-19)16(4)5/h8-11,13-16H,7,12H2,1-6H3,(H,29,30,31). The molecular weight excluding hydrogens is 506 g/mol. The first-order valence-electron chi connectivity index (χ1n) is 12.3. The van der Waals surface area contributed by atoms with Crippen LogP contribution in [0.1, 0.15) is 71.7 Å². The number of thiophene rings is 2. The van der Waals surface area contributed by atoms with Crippen molar-refractivity contribution in [3.05, 3.63) is 57.5 Å². The smallest absolute Gasteiger partial charge is 0.348 e. The molecule has 37 heavy (non-hydrogen) atoms. The van der Waals surface area contributed by atoms with E-state index in [4.69, 9.17) is 9.47 Å². The second kappa shape index (κ2) is 11.4. The van der Waals surface area contributed by atoms with E-state index in [9.17, 15) is 9.59 Å². The van der Waals surface area contributed by atoms with Crippen LogP contribution in [0.4, 0.5) is 10.8 Å². The van der Waals surface area contributed by atoms with E-state index >= 15 is 0 Å². The summed E-state index contributed by atoms with van der Waals surface area (Å²) in [4.78, 5) is 35.9. The van der Waals surface area contributed by atoms with Crippen LogP contribution in [0.3, 0.4) is 0 Å². The summed E-state index contributed by atoms with van der Waals surface area (Å²) in [5.41, 5.74) is 4.16. The Hall–Kier alpha value is -3.30. The van der Waals surface area contributed by atoms with Crippen molar-refractivity contribution in [1.82, 2.24) is 9.97 Å². The minimum absolute atomic E-state index is 0.201. The van der Waals surface area contributed by atoms with Crippen molar-refractivity contribution < 1.29 is 19.1 Å². The maximum atomic E-state index is 12.9. The molecule has 0 fully saturated rings. The van der Waals surface area contributed by atoms with Crippen LogP contribution in [0.2, 0.25) is 0 Å². The van der Waals surface area contributed by atoms with Gasteiger partial charge in [0, 0.05) is 10.9 Å². The van der Waals surface area contributed by atoms with E-state index in [1.165, 1.54) is 34.6 Å². The van der Waals surface area contributed by atoms with Crippen LogP contribution >= 0.6 is 22.7 Å². The van der Waals surface area contributed by atoms with Gasteiger partial charge in [-0.2, -0.15) is 0 Å². The molecule has 3 aromatic heterocycles.